The predicted molar refractivity (Wildman–Crippen MR) is 120 cm³/mol. The molecular formula is C25H28O4S. The summed E-state index contributed by atoms with van der Waals surface area (Å²) in [5.41, 5.74) is 4.51. The van der Waals surface area contributed by atoms with Gasteiger partial charge < -0.3 is 20.4 Å². The van der Waals surface area contributed by atoms with E-state index in [1.807, 2.05) is 24.3 Å². The molecule has 4 nitrogen and oxygen atoms in total. The topological polar surface area (TPSA) is 80.9 Å². The lowest BCUT2D eigenvalue weighted by molar-refractivity contribution is -0.127. The fourth-order valence-corrected chi connectivity index (χ4v) is 5.41. The van der Waals surface area contributed by atoms with Crippen LogP contribution in [-0.2, 0) is 6.42 Å². The maximum atomic E-state index is 10.6. The molecule has 0 aliphatic heterocycles. The molecule has 1 saturated carbocycles. The third kappa shape index (κ3) is 4.22. The van der Waals surface area contributed by atoms with E-state index in [4.69, 9.17) is 0 Å². The summed E-state index contributed by atoms with van der Waals surface area (Å²) in [6.45, 7) is 1.87. The first-order chi connectivity index (χ1) is 14.5. The quantitative estimate of drug-likeness (QED) is 0.505. The van der Waals surface area contributed by atoms with Crippen LogP contribution in [0.1, 0.15) is 33.9 Å². The molecular weight excluding hydrogens is 396 g/mol. The molecule has 0 saturated heterocycles. The summed E-state index contributed by atoms with van der Waals surface area (Å²) in [6, 6.07) is 20.8. The first kappa shape index (κ1) is 21.2. The highest BCUT2D eigenvalue weighted by atomic mass is 32.1. The van der Waals surface area contributed by atoms with Gasteiger partial charge in [0.15, 0.2) is 0 Å². The minimum Gasteiger partial charge on any atom is -0.396 e. The molecule has 0 unspecified atom stereocenters. The number of hydrogen-bond donors (Lipinski definition) is 4. The van der Waals surface area contributed by atoms with Crippen LogP contribution in [0.2, 0.25) is 0 Å². The molecule has 1 aliphatic carbocycles. The van der Waals surface area contributed by atoms with Gasteiger partial charge in [0.25, 0.3) is 0 Å². The Morgan fingerprint density at radius 2 is 1.67 bits per heavy atom. The standard InChI is InChI=1S/C25H28O4S/c1-15-7-8-17(21-13-19(14-26)23(27)25(29)24(21)28)11-18(15)12-20-9-10-22(30-20)16-5-3-2-4-6-16/h2-11,19,21,23-29H,12-14H2,1H3/t19-,21+,23-,24+,25+/m1/s1. The van der Waals surface area contributed by atoms with Gasteiger partial charge in [0.2, 0.25) is 0 Å². The highest BCUT2D eigenvalue weighted by Gasteiger charge is 2.42. The Labute approximate surface area is 181 Å². The van der Waals surface area contributed by atoms with E-state index in [9.17, 15) is 20.4 Å². The minimum atomic E-state index is -1.25. The van der Waals surface area contributed by atoms with Crippen LogP contribution in [0.3, 0.4) is 0 Å². The van der Waals surface area contributed by atoms with E-state index in [2.05, 4.69) is 43.3 Å². The number of aliphatic hydroxyl groups is 4. The number of benzene rings is 2. The molecule has 158 valence electrons. The molecule has 1 fully saturated rings. The van der Waals surface area contributed by atoms with Crippen molar-refractivity contribution in [1.82, 2.24) is 0 Å². The summed E-state index contributed by atoms with van der Waals surface area (Å²) in [5, 5.41) is 40.5. The zero-order chi connectivity index (χ0) is 21.3. The molecule has 1 aliphatic rings. The lowest BCUT2D eigenvalue weighted by Gasteiger charge is -2.40. The monoisotopic (exact) mass is 424 g/mol. The predicted octanol–water partition coefficient (Wildman–Crippen LogP) is 3.49. The normalized spacial score (nSPS) is 26.6. The van der Waals surface area contributed by atoms with Crippen LogP contribution in [0, 0.1) is 12.8 Å². The third-order valence-electron chi connectivity index (χ3n) is 6.27. The van der Waals surface area contributed by atoms with Crippen molar-refractivity contribution in [3.63, 3.8) is 0 Å². The Kier molecular flexibility index (Phi) is 6.37. The summed E-state index contributed by atoms with van der Waals surface area (Å²) in [5.74, 6) is -0.757. The highest BCUT2D eigenvalue weighted by molar-refractivity contribution is 7.15. The maximum absolute atomic E-state index is 10.6. The highest BCUT2D eigenvalue weighted by Crippen LogP contribution is 2.38. The zero-order valence-corrected chi connectivity index (χ0v) is 17.8. The van der Waals surface area contributed by atoms with Crippen molar-refractivity contribution in [3.8, 4) is 10.4 Å². The first-order valence-corrected chi connectivity index (χ1v) is 11.2. The number of thiophene rings is 1. The molecule has 30 heavy (non-hydrogen) atoms. The van der Waals surface area contributed by atoms with Gasteiger partial charge in [0.1, 0.15) is 6.10 Å². The minimum absolute atomic E-state index is 0.211. The van der Waals surface area contributed by atoms with Crippen LogP contribution in [-0.4, -0.2) is 45.3 Å². The fourth-order valence-electron chi connectivity index (χ4n) is 4.37. The average Bonchev–Trinajstić information content (AvgIpc) is 3.23. The van der Waals surface area contributed by atoms with Gasteiger partial charge in [0.05, 0.1) is 12.2 Å². The van der Waals surface area contributed by atoms with E-state index in [-0.39, 0.29) is 12.5 Å². The molecule has 4 N–H and O–H groups in total. The summed E-state index contributed by atoms with van der Waals surface area (Å²) in [6.07, 6.45) is -2.17. The number of aryl methyl sites for hydroxylation is 1. The lowest BCUT2D eigenvalue weighted by Crippen LogP contribution is -2.51. The van der Waals surface area contributed by atoms with Crippen LogP contribution in [0.4, 0.5) is 0 Å². The van der Waals surface area contributed by atoms with E-state index in [1.54, 1.807) is 11.3 Å². The molecule has 0 radical (unpaired) electrons. The molecule has 0 bridgehead atoms. The summed E-state index contributed by atoms with van der Waals surface area (Å²) >= 11 is 1.78. The van der Waals surface area contributed by atoms with Crippen molar-refractivity contribution in [3.05, 3.63) is 82.2 Å². The largest absolute Gasteiger partial charge is 0.396 e. The van der Waals surface area contributed by atoms with E-state index >= 15 is 0 Å². The van der Waals surface area contributed by atoms with Crippen LogP contribution >= 0.6 is 11.3 Å². The van der Waals surface area contributed by atoms with Gasteiger partial charge in [-0.2, -0.15) is 0 Å². The van der Waals surface area contributed by atoms with Gasteiger partial charge in [-0.25, -0.2) is 0 Å². The maximum Gasteiger partial charge on any atom is 0.107 e. The lowest BCUT2D eigenvalue weighted by atomic mass is 9.73. The van der Waals surface area contributed by atoms with E-state index < -0.39 is 24.2 Å². The van der Waals surface area contributed by atoms with E-state index in [0.29, 0.717) is 6.42 Å². The Morgan fingerprint density at radius 1 is 0.900 bits per heavy atom. The van der Waals surface area contributed by atoms with Crippen molar-refractivity contribution in [1.29, 1.82) is 0 Å². The molecule has 4 rings (SSSR count). The van der Waals surface area contributed by atoms with Gasteiger partial charge in [-0.3, -0.25) is 0 Å². The van der Waals surface area contributed by atoms with Crippen LogP contribution < -0.4 is 0 Å². The van der Waals surface area contributed by atoms with Gasteiger partial charge in [-0.15, -0.1) is 11.3 Å². The van der Waals surface area contributed by atoms with Crippen LogP contribution in [0.5, 0.6) is 0 Å². The summed E-state index contributed by atoms with van der Waals surface area (Å²) in [4.78, 5) is 2.51. The van der Waals surface area contributed by atoms with Gasteiger partial charge >= 0.3 is 0 Å². The molecule has 0 spiro atoms. The molecule has 1 heterocycles. The molecule has 5 atom stereocenters. The molecule has 2 aromatic carbocycles. The van der Waals surface area contributed by atoms with Gasteiger partial charge in [0, 0.05) is 34.6 Å². The van der Waals surface area contributed by atoms with Crippen molar-refractivity contribution in [2.75, 3.05) is 6.61 Å². The zero-order valence-electron chi connectivity index (χ0n) is 17.0. The Balaban J connectivity index is 1.57. The van der Waals surface area contributed by atoms with Gasteiger partial charge in [-0.1, -0.05) is 48.5 Å². The van der Waals surface area contributed by atoms with E-state index in [0.717, 1.165) is 12.0 Å². The van der Waals surface area contributed by atoms with Crippen LogP contribution in [0.25, 0.3) is 10.4 Å². The molecule has 1 aromatic heterocycles. The van der Waals surface area contributed by atoms with Crippen molar-refractivity contribution >= 4 is 11.3 Å². The van der Waals surface area contributed by atoms with E-state index in [1.165, 1.54) is 26.4 Å². The number of aliphatic hydroxyl groups excluding tert-OH is 4. The van der Waals surface area contributed by atoms with Crippen molar-refractivity contribution < 1.29 is 20.4 Å². The van der Waals surface area contributed by atoms with Crippen molar-refractivity contribution in [2.45, 2.75) is 44.0 Å². The smallest absolute Gasteiger partial charge is 0.107 e. The second-order valence-corrected chi connectivity index (χ2v) is 9.42. The Hall–Kier alpha value is -2.02. The number of hydrogen-bond acceptors (Lipinski definition) is 5. The average molecular weight is 425 g/mol. The number of rotatable bonds is 5. The Morgan fingerprint density at radius 3 is 2.40 bits per heavy atom. The van der Waals surface area contributed by atoms with Crippen LogP contribution in [0.15, 0.2) is 60.7 Å². The van der Waals surface area contributed by atoms with Crippen molar-refractivity contribution in [2.24, 2.45) is 5.92 Å². The SMILES string of the molecule is Cc1ccc([C@@H]2C[C@H](CO)[C@@H](O)[C@H](O)[C@H]2O)cc1Cc1ccc(-c2ccccc2)s1. The second kappa shape index (κ2) is 9.00. The summed E-state index contributed by atoms with van der Waals surface area (Å²) in [7, 11) is 0. The molecule has 3 aromatic rings. The fraction of sp³-hybridized carbons (Fsp3) is 0.360. The molecule has 0 amide bonds. The summed E-state index contributed by atoms with van der Waals surface area (Å²) < 4.78 is 0. The third-order valence-corrected chi connectivity index (χ3v) is 7.41. The first-order valence-electron chi connectivity index (χ1n) is 10.4. The molecule has 5 heteroatoms. The van der Waals surface area contributed by atoms with Gasteiger partial charge in [-0.05, 0) is 47.7 Å². The second-order valence-electron chi connectivity index (χ2n) is 8.25. The Bertz CT molecular complexity index is 982.